The van der Waals surface area contributed by atoms with E-state index in [1.54, 1.807) is 32.2 Å². The van der Waals surface area contributed by atoms with Gasteiger partial charge in [0.15, 0.2) is 0 Å². The van der Waals surface area contributed by atoms with Gasteiger partial charge in [0.1, 0.15) is 11.6 Å². The molecule has 21 heavy (non-hydrogen) atoms. The molecule has 0 bridgehead atoms. The maximum Gasteiger partial charge on any atom is 0.254 e. The van der Waals surface area contributed by atoms with Crippen LogP contribution in [0.15, 0.2) is 42.5 Å². The number of rotatable bonds is 3. The van der Waals surface area contributed by atoms with Gasteiger partial charge in [0.05, 0.1) is 6.04 Å². The summed E-state index contributed by atoms with van der Waals surface area (Å²) >= 11 is 0. The van der Waals surface area contributed by atoms with Crippen molar-refractivity contribution in [2.75, 3.05) is 12.8 Å². The molecule has 5 heteroatoms. The minimum absolute atomic E-state index is 0.137. The molecule has 0 aliphatic heterocycles. The average molecular weight is 290 g/mol. The summed E-state index contributed by atoms with van der Waals surface area (Å²) in [4.78, 5) is 13.7. The number of carbonyl (C=O) groups is 1. The fourth-order valence-electron chi connectivity index (χ4n) is 2.14. The Labute approximate surface area is 122 Å². The predicted octanol–water partition coefficient (Wildman–Crippen LogP) is 3.38. The summed E-state index contributed by atoms with van der Waals surface area (Å²) < 4.78 is 27.1. The first kappa shape index (κ1) is 15.0. The van der Waals surface area contributed by atoms with Crippen molar-refractivity contribution in [3.8, 4) is 0 Å². The van der Waals surface area contributed by atoms with Crippen molar-refractivity contribution in [2.24, 2.45) is 0 Å². The number of halogens is 2. The number of benzene rings is 2. The largest absolute Gasteiger partial charge is 0.399 e. The van der Waals surface area contributed by atoms with Gasteiger partial charge in [-0.1, -0.05) is 18.2 Å². The summed E-state index contributed by atoms with van der Waals surface area (Å²) in [6, 6.07) is 9.40. The highest BCUT2D eigenvalue weighted by Crippen LogP contribution is 2.23. The van der Waals surface area contributed by atoms with E-state index in [9.17, 15) is 13.6 Å². The van der Waals surface area contributed by atoms with Gasteiger partial charge >= 0.3 is 0 Å². The number of nitrogen functional groups attached to an aromatic ring is 1. The Hall–Kier alpha value is -2.43. The highest BCUT2D eigenvalue weighted by Gasteiger charge is 2.21. The second-order valence-corrected chi connectivity index (χ2v) is 4.89. The molecule has 0 saturated carbocycles. The second kappa shape index (κ2) is 5.91. The molecular weight excluding hydrogens is 274 g/mol. The quantitative estimate of drug-likeness (QED) is 0.881. The fourth-order valence-corrected chi connectivity index (χ4v) is 2.14. The fraction of sp³-hybridized carbons (Fsp3) is 0.188. The van der Waals surface area contributed by atoms with Crippen molar-refractivity contribution in [3.05, 3.63) is 65.2 Å². The van der Waals surface area contributed by atoms with Crippen LogP contribution < -0.4 is 5.73 Å². The highest BCUT2D eigenvalue weighted by atomic mass is 19.1. The van der Waals surface area contributed by atoms with Gasteiger partial charge in [-0.25, -0.2) is 8.78 Å². The smallest absolute Gasteiger partial charge is 0.254 e. The van der Waals surface area contributed by atoms with E-state index in [4.69, 9.17) is 5.73 Å². The number of anilines is 1. The number of hydrogen-bond acceptors (Lipinski definition) is 2. The molecule has 1 atom stereocenters. The Morgan fingerprint density at radius 2 is 1.86 bits per heavy atom. The lowest BCUT2D eigenvalue weighted by atomic mass is 10.1. The third kappa shape index (κ3) is 3.18. The molecule has 2 rings (SSSR count). The van der Waals surface area contributed by atoms with E-state index < -0.39 is 17.8 Å². The number of amides is 1. The Morgan fingerprint density at radius 1 is 1.19 bits per heavy atom. The average Bonchev–Trinajstić information content (AvgIpc) is 2.44. The van der Waals surface area contributed by atoms with Gasteiger partial charge in [-0.3, -0.25) is 4.79 Å². The minimum atomic E-state index is -0.578. The first-order chi connectivity index (χ1) is 9.90. The van der Waals surface area contributed by atoms with Crippen LogP contribution in [0.2, 0.25) is 0 Å². The highest BCUT2D eigenvalue weighted by molar-refractivity contribution is 5.95. The van der Waals surface area contributed by atoms with Crippen LogP contribution in [-0.4, -0.2) is 17.9 Å². The van der Waals surface area contributed by atoms with E-state index in [-0.39, 0.29) is 17.1 Å². The van der Waals surface area contributed by atoms with Gasteiger partial charge in [-0.15, -0.1) is 0 Å². The Bertz CT molecular complexity index is 653. The SMILES string of the molecule is CC(c1ccccc1F)N(C)C(=O)c1cc(N)cc(F)c1. The summed E-state index contributed by atoms with van der Waals surface area (Å²) in [5.41, 5.74) is 6.25. The third-order valence-electron chi connectivity index (χ3n) is 3.42. The number of nitrogens with zero attached hydrogens (tertiary/aromatic N) is 1. The summed E-state index contributed by atoms with van der Waals surface area (Å²) in [5.74, 6) is -1.38. The molecule has 0 aliphatic rings. The zero-order valence-corrected chi connectivity index (χ0v) is 11.8. The van der Waals surface area contributed by atoms with Crippen molar-refractivity contribution in [1.29, 1.82) is 0 Å². The molecule has 0 aromatic heterocycles. The second-order valence-electron chi connectivity index (χ2n) is 4.89. The Morgan fingerprint density at radius 3 is 2.48 bits per heavy atom. The van der Waals surface area contributed by atoms with Crippen molar-refractivity contribution in [1.82, 2.24) is 4.90 Å². The van der Waals surface area contributed by atoms with Gasteiger partial charge in [-0.2, -0.15) is 0 Å². The zero-order chi connectivity index (χ0) is 15.6. The van der Waals surface area contributed by atoms with Crippen LogP contribution in [0.4, 0.5) is 14.5 Å². The molecule has 0 aliphatic carbocycles. The molecule has 0 spiro atoms. The number of hydrogen-bond donors (Lipinski definition) is 1. The normalized spacial score (nSPS) is 12.0. The standard InChI is InChI=1S/C16H16F2N2O/c1-10(14-5-3-4-6-15(14)18)20(2)16(21)11-7-12(17)9-13(19)8-11/h3-10H,19H2,1-2H3. The molecule has 3 nitrogen and oxygen atoms in total. The molecule has 0 saturated heterocycles. The first-order valence-corrected chi connectivity index (χ1v) is 6.48. The van der Waals surface area contributed by atoms with Crippen molar-refractivity contribution in [3.63, 3.8) is 0 Å². The number of carbonyl (C=O) groups excluding carboxylic acids is 1. The van der Waals surface area contributed by atoms with E-state index in [1.807, 2.05) is 0 Å². The van der Waals surface area contributed by atoms with Crippen LogP contribution in [0.25, 0.3) is 0 Å². The third-order valence-corrected chi connectivity index (χ3v) is 3.42. The van der Waals surface area contributed by atoms with E-state index >= 15 is 0 Å². The molecule has 110 valence electrons. The van der Waals surface area contributed by atoms with Crippen LogP contribution >= 0.6 is 0 Å². The molecular formula is C16H16F2N2O. The summed E-state index contributed by atoms with van der Waals surface area (Å²) in [6.45, 7) is 1.71. The summed E-state index contributed by atoms with van der Waals surface area (Å²) in [5, 5.41) is 0. The maximum absolute atomic E-state index is 13.8. The Balaban J connectivity index is 2.28. The molecule has 0 radical (unpaired) electrons. The summed E-state index contributed by atoms with van der Waals surface area (Å²) in [7, 11) is 1.54. The first-order valence-electron chi connectivity index (χ1n) is 6.48. The lowest BCUT2D eigenvalue weighted by Crippen LogP contribution is -2.30. The zero-order valence-electron chi connectivity index (χ0n) is 11.8. The van der Waals surface area contributed by atoms with E-state index in [0.717, 1.165) is 12.1 Å². The van der Waals surface area contributed by atoms with E-state index in [2.05, 4.69) is 0 Å². The minimum Gasteiger partial charge on any atom is -0.399 e. The predicted molar refractivity (Wildman–Crippen MR) is 77.7 cm³/mol. The molecule has 0 fully saturated rings. The van der Waals surface area contributed by atoms with Crippen LogP contribution in [0.1, 0.15) is 28.9 Å². The van der Waals surface area contributed by atoms with Crippen LogP contribution in [0.3, 0.4) is 0 Å². The van der Waals surface area contributed by atoms with Crippen molar-refractivity contribution >= 4 is 11.6 Å². The lowest BCUT2D eigenvalue weighted by molar-refractivity contribution is 0.0740. The molecule has 1 amide bonds. The van der Waals surface area contributed by atoms with Crippen LogP contribution in [-0.2, 0) is 0 Å². The van der Waals surface area contributed by atoms with E-state index in [1.165, 1.54) is 17.0 Å². The Kier molecular flexibility index (Phi) is 4.21. The van der Waals surface area contributed by atoms with Gasteiger partial charge < -0.3 is 10.6 Å². The summed E-state index contributed by atoms with van der Waals surface area (Å²) in [6.07, 6.45) is 0. The van der Waals surface area contributed by atoms with Gasteiger partial charge in [0.2, 0.25) is 0 Å². The maximum atomic E-state index is 13.8. The topological polar surface area (TPSA) is 46.3 Å². The van der Waals surface area contributed by atoms with Crippen LogP contribution in [0.5, 0.6) is 0 Å². The van der Waals surface area contributed by atoms with E-state index in [0.29, 0.717) is 5.56 Å². The van der Waals surface area contributed by atoms with Gasteiger partial charge in [0.25, 0.3) is 5.91 Å². The molecule has 0 heterocycles. The van der Waals surface area contributed by atoms with Crippen LogP contribution in [0, 0.1) is 11.6 Å². The van der Waals surface area contributed by atoms with Gasteiger partial charge in [-0.05, 0) is 31.2 Å². The van der Waals surface area contributed by atoms with Crippen molar-refractivity contribution in [2.45, 2.75) is 13.0 Å². The monoisotopic (exact) mass is 290 g/mol. The molecule has 2 aromatic carbocycles. The molecule has 2 N–H and O–H groups in total. The van der Waals surface area contributed by atoms with Crippen molar-refractivity contribution < 1.29 is 13.6 Å². The lowest BCUT2D eigenvalue weighted by Gasteiger charge is -2.26. The molecule has 1 unspecified atom stereocenters. The van der Waals surface area contributed by atoms with Gasteiger partial charge in [0, 0.05) is 23.9 Å². The molecule has 2 aromatic rings. The number of nitrogens with two attached hydrogens (primary N) is 1.